The van der Waals surface area contributed by atoms with Crippen LogP contribution in [0.4, 0.5) is 8.78 Å². The molecule has 0 bridgehead atoms. The Morgan fingerprint density at radius 2 is 2.08 bits per heavy atom. The molecule has 1 aromatic carbocycles. The number of phenolic OH excluding ortho intramolecular Hbond substituents is 1. The molecule has 0 aromatic heterocycles. The van der Waals surface area contributed by atoms with Gasteiger partial charge in [0.15, 0.2) is 0 Å². The van der Waals surface area contributed by atoms with Crippen molar-refractivity contribution in [2.24, 2.45) is 5.73 Å². The Kier molecular flexibility index (Phi) is 2.97. The fourth-order valence-corrected chi connectivity index (χ4v) is 0.922. The van der Waals surface area contributed by atoms with Crippen LogP contribution in [-0.2, 0) is 0 Å². The fourth-order valence-electron chi connectivity index (χ4n) is 0.922. The lowest BCUT2D eigenvalue weighted by Crippen LogP contribution is -1.93. The highest BCUT2D eigenvalue weighted by atomic mass is 19.1. The first-order valence-electron chi connectivity index (χ1n) is 3.69. The van der Waals surface area contributed by atoms with Crippen LogP contribution in [0.15, 0.2) is 18.2 Å². The first kappa shape index (κ1) is 9.67. The van der Waals surface area contributed by atoms with Crippen molar-refractivity contribution in [3.63, 3.8) is 0 Å². The molecule has 0 fully saturated rings. The Balaban J connectivity index is 3.13. The van der Waals surface area contributed by atoms with Crippen LogP contribution < -0.4 is 5.73 Å². The van der Waals surface area contributed by atoms with E-state index >= 15 is 0 Å². The van der Waals surface area contributed by atoms with E-state index in [2.05, 4.69) is 0 Å². The van der Waals surface area contributed by atoms with Crippen molar-refractivity contribution in [3.05, 3.63) is 35.4 Å². The normalized spacial score (nSPS) is 11.0. The molecule has 3 N–H and O–H groups in total. The van der Waals surface area contributed by atoms with Crippen LogP contribution in [0.2, 0.25) is 0 Å². The molecule has 2 nitrogen and oxygen atoms in total. The van der Waals surface area contributed by atoms with Gasteiger partial charge in [-0.2, -0.15) is 0 Å². The van der Waals surface area contributed by atoms with Crippen molar-refractivity contribution in [1.29, 1.82) is 0 Å². The monoisotopic (exact) mass is 185 g/mol. The third-order valence-electron chi connectivity index (χ3n) is 1.49. The van der Waals surface area contributed by atoms with Gasteiger partial charge in [-0.15, -0.1) is 0 Å². The van der Waals surface area contributed by atoms with Crippen LogP contribution in [0.25, 0.3) is 6.08 Å². The van der Waals surface area contributed by atoms with Gasteiger partial charge in [0.05, 0.1) is 5.56 Å². The first-order chi connectivity index (χ1) is 6.15. The summed E-state index contributed by atoms with van der Waals surface area (Å²) in [6, 6.07) is 1.55. The zero-order valence-electron chi connectivity index (χ0n) is 6.80. The summed E-state index contributed by atoms with van der Waals surface area (Å²) >= 11 is 0. The van der Waals surface area contributed by atoms with Crippen molar-refractivity contribution in [2.75, 3.05) is 6.54 Å². The standard InChI is InChI=1S/C9H9F2NO/c10-6-4-8(11)7(2-1-3-12)9(13)5-6/h1-2,4-5,13H,3,12H2/b2-1+. The summed E-state index contributed by atoms with van der Waals surface area (Å²) in [5.74, 6) is -2.04. The highest BCUT2D eigenvalue weighted by Crippen LogP contribution is 2.22. The smallest absolute Gasteiger partial charge is 0.137 e. The summed E-state index contributed by atoms with van der Waals surface area (Å²) in [5.41, 5.74) is 5.09. The van der Waals surface area contributed by atoms with Gasteiger partial charge in [0.2, 0.25) is 0 Å². The zero-order chi connectivity index (χ0) is 9.84. The number of halogens is 2. The summed E-state index contributed by atoms with van der Waals surface area (Å²) in [7, 11) is 0. The van der Waals surface area contributed by atoms with Crippen molar-refractivity contribution in [1.82, 2.24) is 0 Å². The Morgan fingerprint density at radius 3 is 2.62 bits per heavy atom. The predicted molar refractivity (Wildman–Crippen MR) is 46.1 cm³/mol. The largest absolute Gasteiger partial charge is 0.507 e. The molecule has 1 aromatic rings. The van der Waals surface area contributed by atoms with Crippen LogP contribution in [0.5, 0.6) is 5.75 Å². The predicted octanol–water partition coefficient (Wildman–Crippen LogP) is 1.64. The number of benzene rings is 1. The number of aromatic hydroxyl groups is 1. The molecular weight excluding hydrogens is 176 g/mol. The van der Waals surface area contributed by atoms with E-state index < -0.39 is 17.4 Å². The molecule has 0 aliphatic rings. The second kappa shape index (κ2) is 4.00. The molecule has 70 valence electrons. The minimum absolute atomic E-state index is 0.0492. The molecule has 1 rings (SSSR count). The van der Waals surface area contributed by atoms with Crippen molar-refractivity contribution < 1.29 is 13.9 Å². The van der Waals surface area contributed by atoms with E-state index in [1.165, 1.54) is 12.2 Å². The van der Waals surface area contributed by atoms with Gasteiger partial charge < -0.3 is 10.8 Å². The van der Waals surface area contributed by atoms with Crippen molar-refractivity contribution in [2.45, 2.75) is 0 Å². The average molecular weight is 185 g/mol. The minimum atomic E-state index is -0.806. The molecule has 0 aliphatic carbocycles. The number of hydrogen-bond donors (Lipinski definition) is 2. The molecule has 0 radical (unpaired) electrons. The molecule has 0 heterocycles. The van der Waals surface area contributed by atoms with E-state index in [0.717, 1.165) is 6.07 Å². The second-order valence-corrected chi connectivity index (χ2v) is 2.46. The molecule has 13 heavy (non-hydrogen) atoms. The molecule has 0 spiro atoms. The van der Waals surface area contributed by atoms with E-state index in [4.69, 9.17) is 10.8 Å². The van der Waals surface area contributed by atoms with Crippen LogP contribution >= 0.6 is 0 Å². The molecule has 4 heteroatoms. The highest BCUT2D eigenvalue weighted by Gasteiger charge is 2.06. The lowest BCUT2D eigenvalue weighted by atomic mass is 10.1. The molecule has 0 atom stereocenters. The van der Waals surface area contributed by atoms with Gasteiger partial charge in [-0.1, -0.05) is 12.2 Å². The van der Waals surface area contributed by atoms with E-state index in [1.807, 2.05) is 0 Å². The van der Waals surface area contributed by atoms with Crippen LogP contribution in [0, 0.1) is 11.6 Å². The van der Waals surface area contributed by atoms with Gasteiger partial charge in [0.25, 0.3) is 0 Å². The van der Waals surface area contributed by atoms with Gasteiger partial charge in [-0.25, -0.2) is 8.78 Å². The summed E-state index contributed by atoms with van der Waals surface area (Å²) < 4.78 is 25.4. The van der Waals surface area contributed by atoms with Crippen LogP contribution in [-0.4, -0.2) is 11.7 Å². The number of phenols is 1. The fraction of sp³-hybridized carbons (Fsp3) is 0.111. The van der Waals surface area contributed by atoms with E-state index in [-0.39, 0.29) is 12.1 Å². The third-order valence-corrected chi connectivity index (χ3v) is 1.49. The van der Waals surface area contributed by atoms with Gasteiger partial charge in [-0.3, -0.25) is 0 Å². The molecule has 0 saturated carbocycles. The number of hydrogen-bond acceptors (Lipinski definition) is 2. The van der Waals surface area contributed by atoms with E-state index in [1.54, 1.807) is 0 Å². The Morgan fingerprint density at radius 1 is 1.38 bits per heavy atom. The van der Waals surface area contributed by atoms with Gasteiger partial charge in [-0.05, 0) is 0 Å². The Labute approximate surface area is 74.3 Å². The SMILES string of the molecule is NC/C=C/c1c(O)cc(F)cc1F. The molecule has 0 aliphatic heterocycles. The van der Waals surface area contributed by atoms with Crippen LogP contribution in [0.3, 0.4) is 0 Å². The summed E-state index contributed by atoms with van der Waals surface area (Å²) in [6.45, 7) is 0.232. The molecule has 0 unspecified atom stereocenters. The number of rotatable bonds is 2. The van der Waals surface area contributed by atoms with Crippen molar-refractivity contribution in [3.8, 4) is 5.75 Å². The van der Waals surface area contributed by atoms with E-state index in [9.17, 15) is 8.78 Å². The maximum Gasteiger partial charge on any atom is 0.137 e. The Bertz CT molecular complexity index is 313. The minimum Gasteiger partial charge on any atom is -0.507 e. The molecular formula is C9H9F2NO. The van der Waals surface area contributed by atoms with Gasteiger partial charge in [0.1, 0.15) is 17.4 Å². The lowest BCUT2D eigenvalue weighted by molar-refractivity contribution is 0.458. The first-order valence-corrected chi connectivity index (χ1v) is 3.69. The zero-order valence-corrected chi connectivity index (χ0v) is 6.80. The lowest BCUT2D eigenvalue weighted by Gasteiger charge is -2.00. The molecule has 0 amide bonds. The van der Waals surface area contributed by atoms with Gasteiger partial charge in [0, 0.05) is 18.7 Å². The highest BCUT2D eigenvalue weighted by molar-refractivity contribution is 5.57. The van der Waals surface area contributed by atoms with E-state index in [0.29, 0.717) is 6.07 Å². The quantitative estimate of drug-likeness (QED) is 0.735. The maximum absolute atomic E-state index is 12.9. The third kappa shape index (κ3) is 2.26. The number of nitrogens with two attached hydrogens (primary N) is 1. The average Bonchev–Trinajstić information content (AvgIpc) is 2.02. The van der Waals surface area contributed by atoms with Crippen LogP contribution in [0.1, 0.15) is 5.56 Å². The molecule has 0 saturated heterocycles. The summed E-state index contributed by atoms with van der Waals surface area (Å²) in [5, 5.41) is 9.13. The second-order valence-electron chi connectivity index (χ2n) is 2.46. The Hall–Kier alpha value is -1.42. The topological polar surface area (TPSA) is 46.2 Å². The summed E-state index contributed by atoms with van der Waals surface area (Å²) in [4.78, 5) is 0. The maximum atomic E-state index is 12.9. The van der Waals surface area contributed by atoms with Crippen molar-refractivity contribution >= 4 is 6.08 Å². The van der Waals surface area contributed by atoms with Gasteiger partial charge >= 0.3 is 0 Å². The summed E-state index contributed by atoms with van der Waals surface area (Å²) in [6.07, 6.45) is 2.78.